The fourth-order valence-corrected chi connectivity index (χ4v) is 4.22. The van der Waals surface area contributed by atoms with Crippen LogP contribution in [0.1, 0.15) is 40.2 Å². The zero-order valence-electron chi connectivity index (χ0n) is 19.1. The Morgan fingerprint density at radius 1 is 0.857 bits per heavy atom. The molecule has 5 nitrogen and oxygen atoms in total. The third-order valence-corrected chi connectivity index (χ3v) is 5.87. The van der Waals surface area contributed by atoms with Crippen LogP contribution in [0.25, 0.3) is 0 Å². The molecule has 6 heteroatoms. The van der Waals surface area contributed by atoms with Crippen LogP contribution in [-0.2, 0) is 17.6 Å². The number of carboxylic acid groups (broad SMARTS) is 1. The molecule has 0 saturated carbocycles. The number of carboxylic acids is 1. The summed E-state index contributed by atoms with van der Waals surface area (Å²) in [6, 6.07) is 26.4. The first-order valence-electron chi connectivity index (χ1n) is 11.5. The SMILES string of the molecule is O=C(O)COc1ccc(F)c(CCCc2cc(C(c3ccccc3)c3ccccc3)c[nH]c2=O)c1. The van der Waals surface area contributed by atoms with Crippen LogP contribution in [0.3, 0.4) is 0 Å². The molecule has 1 aromatic heterocycles. The summed E-state index contributed by atoms with van der Waals surface area (Å²) in [5.74, 6) is -1.21. The first kappa shape index (κ1) is 24.0. The summed E-state index contributed by atoms with van der Waals surface area (Å²) in [6.45, 7) is -0.489. The molecule has 3 aromatic carbocycles. The van der Waals surface area contributed by atoms with Crippen molar-refractivity contribution in [2.45, 2.75) is 25.2 Å². The second-order valence-corrected chi connectivity index (χ2v) is 8.33. The Hall–Kier alpha value is -4.19. The summed E-state index contributed by atoms with van der Waals surface area (Å²) in [7, 11) is 0. The molecule has 0 aliphatic carbocycles. The van der Waals surface area contributed by atoms with Crippen LogP contribution in [0.4, 0.5) is 4.39 Å². The van der Waals surface area contributed by atoms with Crippen molar-refractivity contribution in [3.05, 3.63) is 135 Å². The summed E-state index contributed by atoms with van der Waals surface area (Å²) in [4.78, 5) is 26.2. The predicted octanol–water partition coefficient (Wildman–Crippen LogP) is 5.33. The second-order valence-electron chi connectivity index (χ2n) is 8.33. The third-order valence-electron chi connectivity index (χ3n) is 5.87. The number of hydrogen-bond acceptors (Lipinski definition) is 3. The van der Waals surface area contributed by atoms with Gasteiger partial charge in [0.25, 0.3) is 5.56 Å². The summed E-state index contributed by atoms with van der Waals surface area (Å²) in [6.07, 6.45) is 3.17. The van der Waals surface area contributed by atoms with E-state index in [0.29, 0.717) is 36.1 Å². The van der Waals surface area contributed by atoms with Gasteiger partial charge < -0.3 is 14.8 Å². The monoisotopic (exact) mass is 471 g/mol. The Balaban J connectivity index is 1.53. The van der Waals surface area contributed by atoms with Crippen LogP contribution in [0.15, 0.2) is 95.9 Å². The van der Waals surface area contributed by atoms with Crippen molar-refractivity contribution < 1.29 is 19.0 Å². The number of hydrogen-bond donors (Lipinski definition) is 2. The average molecular weight is 472 g/mol. The van der Waals surface area contributed by atoms with Crippen molar-refractivity contribution in [2.75, 3.05) is 6.61 Å². The van der Waals surface area contributed by atoms with Crippen molar-refractivity contribution in [1.82, 2.24) is 4.98 Å². The molecule has 0 fully saturated rings. The van der Waals surface area contributed by atoms with E-state index >= 15 is 0 Å². The maximum Gasteiger partial charge on any atom is 0.341 e. The minimum Gasteiger partial charge on any atom is -0.482 e. The summed E-state index contributed by atoms with van der Waals surface area (Å²) in [5, 5.41) is 8.77. The van der Waals surface area contributed by atoms with E-state index in [9.17, 15) is 14.0 Å². The molecule has 0 unspecified atom stereocenters. The molecule has 178 valence electrons. The Labute approximate surface area is 202 Å². The number of rotatable bonds is 10. The smallest absolute Gasteiger partial charge is 0.341 e. The Kier molecular flexibility index (Phi) is 7.73. The molecule has 0 aliphatic rings. The molecule has 2 N–H and O–H groups in total. The number of ether oxygens (including phenoxy) is 1. The molecule has 0 spiro atoms. The van der Waals surface area contributed by atoms with Crippen molar-refractivity contribution in [3.8, 4) is 5.75 Å². The van der Waals surface area contributed by atoms with Crippen LogP contribution in [0, 0.1) is 5.82 Å². The first-order valence-corrected chi connectivity index (χ1v) is 11.5. The van der Waals surface area contributed by atoms with Gasteiger partial charge >= 0.3 is 5.97 Å². The number of H-pyrrole nitrogens is 1. The summed E-state index contributed by atoms with van der Waals surface area (Å²) in [5.41, 5.74) is 4.12. The lowest BCUT2D eigenvalue weighted by molar-refractivity contribution is -0.139. The maximum absolute atomic E-state index is 14.3. The fourth-order valence-electron chi connectivity index (χ4n) is 4.22. The van der Waals surface area contributed by atoms with Gasteiger partial charge in [-0.3, -0.25) is 4.79 Å². The van der Waals surface area contributed by atoms with E-state index in [1.54, 1.807) is 6.20 Å². The van der Waals surface area contributed by atoms with Crippen molar-refractivity contribution in [2.24, 2.45) is 0 Å². The number of aromatic nitrogens is 1. The number of aromatic amines is 1. The molecule has 0 amide bonds. The second kappa shape index (κ2) is 11.3. The first-order chi connectivity index (χ1) is 17.0. The van der Waals surface area contributed by atoms with Gasteiger partial charge in [0.15, 0.2) is 6.61 Å². The van der Waals surface area contributed by atoms with Gasteiger partial charge in [-0.1, -0.05) is 60.7 Å². The minimum absolute atomic E-state index is 0.0338. The predicted molar refractivity (Wildman–Crippen MR) is 132 cm³/mol. The van der Waals surface area contributed by atoms with E-state index in [-0.39, 0.29) is 17.3 Å². The molecular formula is C29H26FNO4. The van der Waals surface area contributed by atoms with Gasteiger partial charge in [-0.25, -0.2) is 9.18 Å². The van der Waals surface area contributed by atoms with E-state index in [2.05, 4.69) is 29.2 Å². The largest absolute Gasteiger partial charge is 0.482 e. The summed E-state index contributed by atoms with van der Waals surface area (Å²) < 4.78 is 19.4. The van der Waals surface area contributed by atoms with Crippen LogP contribution in [0.5, 0.6) is 5.75 Å². The van der Waals surface area contributed by atoms with Gasteiger partial charge in [-0.15, -0.1) is 0 Å². The number of aryl methyl sites for hydroxylation is 2. The van der Waals surface area contributed by atoms with Gasteiger partial charge in [0.05, 0.1) is 0 Å². The van der Waals surface area contributed by atoms with Crippen LogP contribution >= 0.6 is 0 Å². The Morgan fingerprint density at radius 2 is 1.49 bits per heavy atom. The number of aliphatic carboxylic acids is 1. The number of benzene rings is 3. The summed E-state index contributed by atoms with van der Waals surface area (Å²) >= 11 is 0. The van der Waals surface area contributed by atoms with Crippen molar-refractivity contribution in [1.29, 1.82) is 0 Å². The number of halogens is 1. The van der Waals surface area contributed by atoms with Crippen LogP contribution < -0.4 is 10.3 Å². The maximum atomic E-state index is 14.3. The molecule has 1 heterocycles. The normalized spacial score (nSPS) is 10.9. The van der Waals surface area contributed by atoms with Gasteiger partial charge in [0, 0.05) is 17.7 Å². The molecular weight excluding hydrogens is 445 g/mol. The van der Waals surface area contributed by atoms with E-state index in [4.69, 9.17) is 9.84 Å². The highest BCUT2D eigenvalue weighted by molar-refractivity contribution is 5.68. The number of nitrogens with one attached hydrogen (secondary N) is 1. The molecule has 4 rings (SSSR count). The molecule has 0 aliphatic heterocycles. The molecule has 35 heavy (non-hydrogen) atoms. The molecule has 4 aromatic rings. The number of carbonyl (C=O) groups is 1. The van der Waals surface area contributed by atoms with Crippen molar-refractivity contribution in [3.63, 3.8) is 0 Å². The van der Waals surface area contributed by atoms with E-state index < -0.39 is 12.6 Å². The van der Waals surface area contributed by atoms with Gasteiger partial charge in [-0.05, 0) is 65.8 Å². The fraction of sp³-hybridized carbons (Fsp3) is 0.172. The highest BCUT2D eigenvalue weighted by Crippen LogP contribution is 2.31. The molecule has 0 saturated heterocycles. The van der Waals surface area contributed by atoms with Gasteiger partial charge in [0.1, 0.15) is 11.6 Å². The topological polar surface area (TPSA) is 79.4 Å². The van der Waals surface area contributed by atoms with Crippen LogP contribution in [-0.4, -0.2) is 22.7 Å². The average Bonchev–Trinajstić information content (AvgIpc) is 2.87. The molecule has 0 bridgehead atoms. The quantitative estimate of drug-likeness (QED) is 0.328. The lowest BCUT2D eigenvalue weighted by Crippen LogP contribution is -2.15. The Morgan fingerprint density at radius 3 is 2.11 bits per heavy atom. The van der Waals surface area contributed by atoms with Crippen LogP contribution in [0.2, 0.25) is 0 Å². The van der Waals surface area contributed by atoms with Crippen molar-refractivity contribution >= 4 is 5.97 Å². The highest BCUT2D eigenvalue weighted by atomic mass is 19.1. The Bertz CT molecular complexity index is 1300. The lowest BCUT2D eigenvalue weighted by Gasteiger charge is -2.19. The van der Waals surface area contributed by atoms with E-state index in [1.807, 2.05) is 42.5 Å². The van der Waals surface area contributed by atoms with E-state index in [0.717, 1.165) is 16.7 Å². The van der Waals surface area contributed by atoms with E-state index in [1.165, 1.54) is 18.2 Å². The molecule has 0 atom stereocenters. The zero-order valence-corrected chi connectivity index (χ0v) is 19.1. The lowest BCUT2D eigenvalue weighted by atomic mass is 9.85. The van der Waals surface area contributed by atoms with Gasteiger partial charge in [-0.2, -0.15) is 0 Å². The standard InChI is InChI=1S/C29H26FNO4/c30-26-15-14-25(35-19-27(32)33)17-22(26)12-7-13-23-16-24(18-31-29(23)34)28(20-8-3-1-4-9-20)21-10-5-2-6-11-21/h1-6,8-11,14-18,28H,7,12-13,19H2,(H,31,34)(H,32,33). The zero-order chi connectivity index (χ0) is 24.6. The highest BCUT2D eigenvalue weighted by Gasteiger charge is 2.18. The number of pyridine rings is 1. The minimum atomic E-state index is -1.10. The van der Waals surface area contributed by atoms with Gasteiger partial charge in [0.2, 0.25) is 0 Å². The third kappa shape index (κ3) is 6.23. The molecule has 0 radical (unpaired) electrons.